The summed E-state index contributed by atoms with van der Waals surface area (Å²) < 4.78 is 0. The lowest BCUT2D eigenvalue weighted by Gasteiger charge is -2.39. The standard InChI is InChI=1S/C20H27N3O/c1-2-14-13-23(20(24)15-6-7-15)11-9-18(14)22-12-16-4-3-5-19-17(16)8-10-21-19/h3-5,8,10,14-15,18,21-22H,2,6-7,9,11-13H2,1H3/t14-,18-/m0/s1. The van der Waals surface area contributed by atoms with E-state index in [1.54, 1.807) is 0 Å². The van der Waals surface area contributed by atoms with E-state index in [0.717, 1.165) is 45.3 Å². The van der Waals surface area contributed by atoms with Gasteiger partial charge in [0.25, 0.3) is 0 Å². The molecule has 1 aliphatic heterocycles. The molecule has 1 aromatic heterocycles. The molecule has 1 saturated carbocycles. The number of fused-ring (bicyclic) bond motifs is 1. The van der Waals surface area contributed by atoms with Gasteiger partial charge in [-0.1, -0.05) is 25.5 Å². The smallest absolute Gasteiger partial charge is 0.225 e. The Morgan fingerprint density at radius 2 is 2.17 bits per heavy atom. The molecule has 1 aliphatic carbocycles. The Bertz CT molecular complexity index is 718. The van der Waals surface area contributed by atoms with Gasteiger partial charge in [-0.25, -0.2) is 0 Å². The Kier molecular flexibility index (Phi) is 4.31. The van der Waals surface area contributed by atoms with Crippen molar-refractivity contribution in [1.29, 1.82) is 0 Å². The van der Waals surface area contributed by atoms with Crippen LogP contribution in [0, 0.1) is 11.8 Å². The minimum Gasteiger partial charge on any atom is -0.361 e. The van der Waals surface area contributed by atoms with Gasteiger partial charge in [-0.3, -0.25) is 4.79 Å². The van der Waals surface area contributed by atoms with Crippen LogP contribution in [0.3, 0.4) is 0 Å². The van der Waals surface area contributed by atoms with E-state index in [1.165, 1.54) is 16.5 Å². The molecule has 1 amide bonds. The molecule has 24 heavy (non-hydrogen) atoms. The Hall–Kier alpha value is -1.81. The molecule has 2 heterocycles. The van der Waals surface area contributed by atoms with Crippen LogP contribution in [0.1, 0.15) is 38.2 Å². The lowest BCUT2D eigenvalue weighted by molar-refractivity contribution is -0.134. The highest BCUT2D eigenvalue weighted by Gasteiger charge is 2.37. The number of carbonyl (C=O) groups excluding carboxylic acids is 1. The molecule has 4 heteroatoms. The second kappa shape index (κ2) is 6.60. The van der Waals surface area contributed by atoms with Crippen LogP contribution < -0.4 is 5.32 Å². The number of nitrogens with one attached hydrogen (secondary N) is 2. The maximum Gasteiger partial charge on any atom is 0.225 e. The lowest BCUT2D eigenvalue weighted by atomic mass is 9.89. The summed E-state index contributed by atoms with van der Waals surface area (Å²) in [6, 6.07) is 9.10. The van der Waals surface area contributed by atoms with Crippen LogP contribution in [0.4, 0.5) is 0 Å². The summed E-state index contributed by atoms with van der Waals surface area (Å²) >= 11 is 0. The Morgan fingerprint density at radius 3 is 2.96 bits per heavy atom. The van der Waals surface area contributed by atoms with Gasteiger partial charge < -0.3 is 15.2 Å². The van der Waals surface area contributed by atoms with E-state index >= 15 is 0 Å². The minimum atomic E-state index is 0.346. The maximum absolute atomic E-state index is 12.3. The molecule has 0 radical (unpaired) electrons. The number of piperidine rings is 1. The van der Waals surface area contributed by atoms with Gasteiger partial charge in [0.15, 0.2) is 0 Å². The molecule has 0 spiro atoms. The fourth-order valence-electron chi connectivity index (χ4n) is 4.05. The third-order valence-corrected chi connectivity index (χ3v) is 5.74. The minimum absolute atomic E-state index is 0.346. The summed E-state index contributed by atoms with van der Waals surface area (Å²) in [6.07, 6.45) is 6.41. The number of amides is 1. The van der Waals surface area contributed by atoms with E-state index in [0.29, 0.717) is 23.8 Å². The summed E-state index contributed by atoms with van der Waals surface area (Å²) in [5.74, 6) is 1.31. The number of rotatable bonds is 5. The van der Waals surface area contributed by atoms with Gasteiger partial charge in [0.2, 0.25) is 5.91 Å². The van der Waals surface area contributed by atoms with Gasteiger partial charge in [-0.2, -0.15) is 0 Å². The van der Waals surface area contributed by atoms with Gasteiger partial charge >= 0.3 is 0 Å². The zero-order valence-electron chi connectivity index (χ0n) is 14.4. The van der Waals surface area contributed by atoms with Crippen molar-refractivity contribution in [2.24, 2.45) is 11.8 Å². The van der Waals surface area contributed by atoms with Crippen molar-refractivity contribution in [3.8, 4) is 0 Å². The van der Waals surface area contributed by atoms with E-state index in [4.69, 9.17) is 0 Å². The molecule has 1 saturated heterocycles. The molecule has 128 valence electrons. The molecule has 0 unspecified atom stereocenters. The zero-order chi connectivity index (χ0) is 16.5. The largest absolute Gasteiger partial charge is 0.361 e. The summed E-state index contributed by atoms with van der Waals surface area (Å²) in [6.45, 7) is 4.99. The van der Waals surface area contributed by atoms with Crippen molar-refractivity contribution in [3.05, 3.63) is 36.0 Å². The van der Waals surface area contributed by atoms with E-state index in [1.807, 2.05) is 6.20 Å². The van der Waals surface area contributed by atoms with Crippen molar-refractivity contribution in [2.75, 3.05) is 13.1 Å². The number of hydrogen-bond acceptors (Lipinski definition) is 2. The van der Waals surface area contributed by atoms with Crippen molar-refractivity contribution >= 4 is 16.8 Å². The van der Waals surface area contributed by atoms with Crippen molar-refractivity contribution in [2.45, 2.75) is 45.2 Å². The average Bonchev–Trinajstić information content (AvgIpc) is 3.36. The second-order valence-corrected chi connectivity index (χ2v) is 7.36. The number of aromatic amines is 1. The fourth-order valence-corrected chi connectivity index (χ4v) is 4.05. The highest BCUT2D eigenvalue weighted by Crippen LogP contribution is 2.33. The second-order valence-electron chi connectivity index (χ2n) is 7.36. The first-order valence-corrected chi connectivity index (χ1v) is 9.33. The predicted molar refractivity (Wildman–Crippen MR) is 96.6 cm³/mol. The summed E-state index contributed by atoms with van der Waals surface area (Å²) in [7, 11) is 0. The monoisotopic (exact) mass is 325 g/mol. The van der Waals surface area contributed by atoms with Crippen LogP contribution in [0.2, 0.25) is 0 Å². The maximum atomic E-state index is 12.3. The van der Waals surface area contributed by atoms with Gasteiger partial charge in [0, 0.05) is 48.7 Å². The molecule has 2 N–H and O–H groups in total. The number of nitrogens with zero attached hydrogens (tertiary/aromatic N) is 1. The van der Waals surface area contributed by atoms with Gasteiger partial charge in [0.05, 0.1) is 0 Å². The molecule has 2 atom stereocenters. The first-order chi connectivity index (χ1) is 11.8. The van der Waals surface area contributed by atoms with Crippen molar-refractivity contribution < 1.29 is 4.79 Å². The van der Waals surface area contributed by atoms with Gasteiger partial charge in [-0.15, -0.1) is 0 Å². The highest BCUT2D eigenvalue weighted by atomic mass is 16.2. The number of likely N-dealkylation sites (tertiary alicyclic amines) is 1. The van der Waals surface area contributed by atoms with Crippen LogP contribution >= 0.6 is 0 Å². The number of H-pyrrole nitrogens is 1. The quantitative estimate of drug-likeness (QED) is 0.886. The molecular formula is C20H27N3O. The topological polar surface area (TPSA) is 48.1 Å². The molecule has 0 bridgehead atoms. The van der Waals surface area contributed by atoms with Gasteiger partial charge in [-0.05, 0) is 42.9 Å². The summed E-state index contributed by atoms with van der Waals surface area (Å²) in [5, 5.41) is 5.08. The number of aromatic nitrogens is 1. The third-order valence-electron chi connectivity index (χ3n) is 5.74. The average molecular weight is 325 g/mol. The Morgan fingerprint density at radius 1 is 1.29 bits per heavy atom. The molecule has 2 aliphatic rings. The number of carbonyl (C=O) groups is 1. The van der Waals surface area contributed by atoms with Crippen molar-refractivity contribution in [3.63, 3.8) is 0 Å². The van der Waals surface area contributed by atoms with Crippen LogP contribution in [0.25, 0.3) is 10.9 Å². The Labute approximate surface area is 143 Å². The summed E-state index contributed by atoms with van der Waals surface area (Å²) in [4.78, 5) is 17.7. The van der Waals surface area contributed by atoms with E-state index in [2.05, 4.69) is 46.4 Å². The normalized spacial score (nSPS) is 24.5. The molecule has 4 rings (SSSR count). The zero-order valence-corrected chi connectivity index (χ0v) is 14.4. The van der Waals surface area contributed by atoms with Crippen LogP contribution in [-0.2, 0) is 11.3 Å². The lowest BCUT2D eigenvalue weighted by Crippen LogP contribution is -2.51. The first kappa shape index (κ1) is 15.7. The predicted octanol–water partition coefficient (Wildman–Crippen LogP) is 3.29. The number of benzene rings is 1. The number of hydrogen-bond donors (Lipinski definition) is 2. The highest BCUT2D eigenvalue weighted by molar-refractivity contribution is 5.83. The van der Waals surface area contributed by atoms with Crippen molar-refractivity contribution in [1.82, 2.24) is 15.2 Å². The molecule has 4 nitrogen and oxygen atoms in total. The molecule has 1 aromatic carbocycles. The Balaban J connectivity index is 1.39. The van der Waals surface area contributed by atoms with E-state index in [9.17, 15) is 4.79 Å². The first-order valence-electron chi connectivity index (χ1n) is 9.33. The van der Waals surface area contributed by atoms with Crippen LogP contribution in [0.15, 0.2) is 30.5 Å². The van der Waals surface area contributed by atoms with Crippen LogP contribution in [-0.4, -0.2) is 34.9 Å². The van der Waals surface area contributed by atoms with E-state index < -0.39 is 0 Å². The summed E-state index contributed by atoms with van der Waals surface area (Å²) in [5.41, 5.74) is 2.55. The molecule has 2 aromatic rings. The third kappa shape index (κ3) is 3.07. The van der Waals surface area contributed by atoms with E-state index in [-0.39, 0.29) is 0 Å². The van der Waals surface area contributed by atoms with Crippen LogP contribution in [0.5, 0.6) is 0 Å². The molecule has 2 fully saturated rings. The fraction of sp³-hybridized carbons (Fsp3) is 0.550. The molecular weight excluding hydrogens is 298 g/mol. The SMILES string of the molecule is CC[C@H]1CN(C(=O)C2CC2)CC[C@@H]1NCc1cccc2[nH]ccc12. The van der Waals surface area contributed by atoms with Gasteiger partial charge in [0.1, 0.15) is 0 Å².